The van der Waals surface area contributed by atoms with Crippen molar-refractivity contribution in [3.05, 3.63) is 23.8 Å². The molecule has 1 aromatic carbocycles. The van der Waals surface area contributed by atoms with Crippen LogP contribution in [-0.2, 0) is 10.0 Å². The lowest BCUT2D eigenvalue weighted by Crippen LogP contribution is -2.38. The molecule has 1 fully saturated rings. The standard InChI is InChI=1S/C15H21NO4S/c1-3-20-15-9-8-14(10-12(15)11-17)16(21(2,18)19)13-6-4-5-7-13/h8-11,13H,3-7H2,1-2H3. The molecule has 0 bridgehead atoms. The monoisotopic (exact) mass is 311 g/mol. The van der Waals surface area contributed by atoms with Crippen LogP contribution in [0.4, 0.5) is 5.69 Å². The summed E-state index contributed by atoms with van der Waals surface area (Å²) < 4.78 is 31.1. The fourth-order valence-corrected chi connectivity index (χ4v) is 4.11. The number of aldehydes is 1. The van der Waals surface area contributed by atoms with E-state index >= 15 is 0 Å². The number of carbonyl (C=O) groups is 1. The summed E-state index contributed by atoms with van der Waals surface area (Å²) in [6.07, 6.45) is 5.70. The van der Waals surface area contributed by atoms with Gasteiger partial charge in [-0.1, -0.05) is 12.8 Å². The van der Waals surface area contributed by atoms with Crippen LogP contribution in [0.5, 0.6) is 5.75 Å². The second kappa shape index (κ2) is 6.47. The maximum atomic E-state index is 12.1. The largest absolute Gasteiger partial charge is 0.493 e. The van der Waals surface area contributed by atoms with E-state index in [1.807, 2.05) is 6.92 Å². The summed E-state index contributed by atoms with van der Waals surface area (Å²) in [5, 5.41) is 0. The highest BCUT2D eigenvalue weighted by atomic mass is 32.2. The molecule has 0 N–H and O–H groups in total. The van der Waals surface area contributed by atoms with Crippen LogP contribution in [0.25, 0.3) is 0 Å². The van der Waals surface area contributed by atoms with E-state index in [1.54, 1.807) is 18.2 Å². The van der Waals surface area contributed by atoms with Crippen molar-refractivity contribution in [1.29, 1.82) is 0 Å². The average molecular weight is 311 g/mol. The first kappa shape index (κ1) is 15.8. The molecule has 1 saturated carbocycles. The van der Waals surface area contributed by atoms with E-state index < -0.39 is 10.0 Å². The lowest BCUT2D eigenvalue weighted by molar-refractivity contribution is 0.112. The first-order valence-electron chi connectivity index (χ1n) is 7.18. The number of carbonyl (C=O) groups excluding carboxylic acids is 1. The van der Waals surface area contributed by atoms with Crippen molar-refractivity contribution in [3.63, 3.8) is 0 Å². The minimum Gasteiger partial charge on any atom is -0.493 e. The second-order valence-corrected chi connectivity index (χ2v) is 7.13. The molecule has 1 aromatic rings. The molecule has 6 heteroatoms. The van der Waals surface area contributed by atoms with Gasteiger partial charge in [0, 0.05) is 6.04 Å². The molecular formula is C15H21NO4S. The summed E-state index contributed by atoms with van der Waals surface area (Å²) in [5.74, 6) is 0.483. The molecule has 0 aliphatic heterocycles. The zero-order chi connectivity index (χ0) is 15.5. The number of anilines is 1. The van der Waals surface area contributed by atoms with Gasteiger partial charge >= 0.3 is 0 Å². The van der Waals surface area contributed by atoms with Crippen LogP contribution in [0, 0.1) is 0 Å². The molecule has 1 aliphatic rings. The van der Waals surface area contributed by atoms with E-state index in [4.69, 9.17) is 4.74 Å². The fraction of sp³-hybridized carbons (Fsp3) is 0.533. The maximum absolute atomic E-state index is 12.1. The van der Waals surface area contributed by atoms with Gasteiger partial charge in [0.15, 0.2) is 6.29 Å². The Hall–Kier alpha value is -1.56. The minimum absolute atomic E-state index is 0.0163. The Kier molecular flexibility index (Phi) is 4.88. The van der Waals surface area contributed by atoms with Gasteiger partial charge in [0.05, 0.1) is 24.1 Å². The Morgan fingerprint density at radius 3 is 2.52 bits per heavy atom. The molecule has 0 amide bonds. The Bertz CT molecular complexity index is 606. The van der Waals surface area contributed by atoms with E-state index in [9.17, 15) is 13.2 Å². The molecule has 21 heavy (non-hydrogen) atoms. The van der Waals surface area contributed by atoms with Crippen LogP contribution >= 0.6 is 0 Å². The van der Waals surface area contributed by atoms with Gasteiger partial charge in [-0.05, 0) is 38.0 Å². The normalized spacial score (nSPS) is 15.9. The molecule has 0 unspecified atom stereocenters. The summed E-state index contributed by atoms with van der Waals surface area (Å²) in [4.78, 5) is 11.2. The molecule has 0 spiro atoms. The van der Waals surface area contributed by atoms with Crippen molar-refractivity contribution in [2.75, 3.05) is 17.2 Å². The van der Waals surface area contributed by atoms with Crippen molar-refractivity contribution in [2.45, 2.75) is 38.6 Å². The van der Waals surface area contributed by atoms with Crippen molar-refractivity contribution < 1.29 is 17.9 Å². The van der Waals surface area contributed by atoms with Crippen molar-refractivity contribution >= 4 is 22.0 Å². The van der Waals surface area contributed by atoms with Crippen LogP contribution in [-0.4, -0.2) is 33.6 Å². The molecule has 116 valence electrons. The van der Waals surface area contributed by atoms with E-state index in [2.05, 4.69) is 0 Å². The van der Waals surface area contributed by atoms with E-state index in [0.29, 0.717) is 29.9 Å². The molecule has 0 saturated heterocycles. The molecule has 0 aromatic heterocycles. The fourth-order valence-electron chi connectivity index (χ4n) is 2.86. The predicted octanol–water partition coefficient (Wildman–Crippen LogP) is 2.61. The third-order valence-electron chi connectivity index (χ3n) is 3.69. The number of ether oxygens (including phenoxy) is 1. The van der Waals surface area contributed by atoms with Gasteiger partial charge < -0.3 is 4.74 Å². The number of hydrogen-bond donors (Lipinski definition) is 0. The average Bonchev–Trinajstić information content (AvgIpc) is 2.93. The summed E-state index contributed by atoms with van der Waals surface area (Å²) in [5.41, 5.74) is 0.913. The highest BCUT2D eigenvalue weighted by Crippen LogP contribution is 2.32. The lowest BCUT2D eigenvalue weighted by Gasteiger charge is -2.29. The first-order valence-corrected chi connectivity index (χ1v) is 9.03. The lowest BCUT2D eigenvalue weighted by atomic mass is 10.1. The van der Waals surface area contributed by atoms with Gasteiger partial charge in [-0.25, -0.2) is 8.42 Å². The summed E-state index contributed by atoms with van der Waals surface area (Å²) in [6, 6.07) is 4.95. The van der Waals surface area contributed by atoms with Gasteiger partial charge in [0.2, 0.25) is 10.0 Å². The van der Waals surface area contributed by atoms with Crippen molar-refractivity contribution in [2.24, 2.45) is 0 Å². The highest BCUT2D eigenvalue weighted by molar-refractivity contribution is 7.92. The highest BCUT2D eigenvalue weighted by Gasteiger charge is 2.29. The topological polar surface area (TPSA) is 63.7 Å². The Labute approximate surface area is 126 Å². The summed E-state index contributed by atoms with van der Waals surface area (Å²) in [6.45, 7) is 2.29. The third kappa shape index (κ3) is 3.56. The van der Waals surface area contributed by atoms with Gasteiger partial charge in [-0.15, -0.1) is 0 Å². The maximum Gasteiger partial charge on any atom is 0.232 e. The van der Waals surface area contributed by atoms with E-state index in [0.717, 1.165) is 25.7 Å². The first-order chi connectivity index (χ1) is 9.97. The molecular weight excluding hydrogens is 290 g/mol. The van der Waals surface area contributed by atoms with Crippen LogP contribution in [0.1, 0.15) is 43.0 Å². The summed E-state index contributed by atoms with van der Waals surface area (Å²) in [7, 11) is -3.37. The molecule has 1 aliphatic carbocycles. The van der Waals surface area contributed by atoms with Crippen molar-refractivity contribution in [1.82, 2.24) is 0 Å². The van der Waals surface area contributed by atoms with E-state index in [-0.39, 0.29) is 6.04 Å². The Morgan fingerprint density at radius 1 is 1.33 bits per heavy atom. The number of sulfonamides is 1. The summed E-state index contributed by atoms with van der Waals surface area (Å²) >= 11 is 0. The third-order valence-corrected chi connectivity index (χ3v) is 4.91. The second-order valence-electron chi connectivity index (χ2n) is 5.27. The number of rotatable bonds is 6. The zero-order valence-electron chi connectivity index (χ0n) is 12.4. The zero-order valence-corrected chi connectivity index (χ0v) is 13.2. The number of benzene rings is 1. The number of hydrogen-bond acceptors (Lipinski definition) is 4. The molecule has 0 atom stereocenters. The van der Waals surface area contributed by atoms with Crippen LogP contribution in [0.15, 0.2) is 18.2 Å². The predicted molar refractivity (Wildman–Crippen MR) is 82.6 cm³/mol. The quantitative estimate of drug-likeness (QED) is 0.758. The van der Waals surface area contributed by atoms with E-state index in [1.165, 1.54) is 10.6 Å². The van der Waals surface area contributed by atoms with Gasteiger partial charge in [-0.3, -0.25) is 9.10 Å². The molecule has 0 heterocycles. The van der Waals surface area contributed by atoms with Crippen molar-refractivity contribution in [3.8, 4) is 5.75 Å². The molecule has 0 radical (unpaired) electrons. The SMILES string of the molecule is CCOc1ccc(N(C2CCCC2)S(C)(=O)=O)cc1C=O. The molecule has 5 nitrogen and oxygen atoms in total. The number of nitrogens with zero attached hydrogens (tertiary/aromatic N) is 1. The van der Waals surface area contributed by atoms with Gasteiger partial charge in [0.25, 0.3) is 0 Å². The smallest absolute Gasteiger partial charge is 0.232 e. The Balaban J connectivity index is 2.43. The minimum atomic E-state index is -3.37. The van der Waals surface area contributed by atoms with Crippen LogP contribution in [0.2, 0.25) is 0 Å². The van der Waals surface area contributed by atoms with Gasteiger partial charge in [0.1, 0.15) is 5.75 Å². The van der Waals surface area contributed by atoms with Gasteiger partial charge in [-0.2, -0.15) is 0 Å². The molecule has 2 rings (SSSR count). The van der Waals surface area contributed by atoms with Crippen LogP contribution in [0.3, 0.4) is 0 Å². The Morgan fingerprint density at radius 2 is 2.00 bits per heavy atom. The van der Waals surface area contributed by atoms with Crippen LogP contribution < -0.4 is 9.04 Å².